The molecule has 0 atom stereocenters. The summed E-state index contributed by atoms with van der Waals surface area (Å²) in [6.45, 7) is 6.20. The van der Waals surface area contributed by atoms with Gasteiger partial charge in [0.15, 0.2) is 22.2 Å². The van der Waals surface area contributed by atoms with Crippen LogP contribution >= 0.6 is 23.4 Å². The monoisotopic (exact) mass is 468 g/mol. The van der Waals surface area contributed by atoms with Crippen LogP contribution in [-0.4, -0.2) is 33.5 Å². The lowest BCUT2D eigenvalue weighted by Crippen LogP contribution is -2.15. The number of halogens is 1. The lowest BCUT2D eigenvalue weighted by molar-refractivity contribution is -0.113. The van der Waals surface area contributed by atoms with Crippen LogP contribution in [0.1, 0.15) is 5.56 Å². The van der Waals surface area contributed by atoms with Crippen LogP contribution in [0.15, 0.2) is 64.7 Å². The van der Waals surface area contributed by atoms with E-state index in [1.54, 1.807) is 25.3 Å². The number of carbonyl (C=O) groups excluding carboxylic acids is 1. The topological polar surface area (TPSA) is 82.2 Å². The van der Waals surface area contributed by atoms with E-state index in [-0.39, 0.29) is 11.7 Å². The summed E-state index contributed by atoms with van der Waals surface area (Å²) >= 11 is 7.32. The zero-order valence-electron chi connectivity index (χ0n) is 17.6. The second-order valence-electron chi connectivity index (χ2n) is 6.99. The van der Waals surface area contributed by atoms with Gasteiger partial charge in [-0.05, 0) is 36.8 Å². The van der Waals surface area contributed by atoms with Gasteiger partial charge < -0.3 is 14.5 Å². The number of para-hydroxylation sites is 1. The van der Waals surface area contributed by atoms with Crippen molar-refractivity contribution in [3.63, 3.8) is 0 Å². The summed E-state index contributed by atoms with van der Waals surface area (Å²) in [5.74, 6) is 1.76. The quantitative estimate of drug-likeness (QED) is 0.268. The van der Waals surface area contributed by atoms with Gasteiger partial charge in [-0.1, -0.05) is 47.6 Å². The van der Waals surface area contributed by atoms with Crippen LogP contribution in [-0.2, 0) is 11.3 Å². The summed E-state index contributed by atoms with van der Waals surface area (Å²) in [6, 6.07) is 13.0. The minimum absolute atomic E-state index is 0.162. The summed E-state index contributed by atoms with van der Waals surface area (Å²) in [5, 5.41) is 13.5. The SMILES string of the molecule is C=CCn1c(SCC(=O)Nc2cc(Cl)ccc2C)nnc1-c1cc2cccc(OC)c2o1. The number of nitrogens with one attached hydrogen (secondary N) is 1. The molecule has 164 valence electrons. The molecule has 2 aromatic carbocycles. The molecule has 0 aliphatic carbocycles. The fourth-order valence-electron chi connectivity index (χ4n) is 3.22. The number of aromatic nitrogens is 3. The molecular weight excluding hydrogens is 448 g/mol. The molecule has 0 spiro atoms. The molecule has 7 nitrogen and oxygen atoms in total. The third-order valence-corrected chi connectivity index (χ3v) is 5.98. The van der Waals surface area contributed by atoms with Crippen molar-refractivity contribution in [2.45, 2.75) is 18.6 Å². The normalized spacial score (nSPS) is 11.0. The van der Waals surface area contributed by atoms with Gasteiger partial charge in [0.25, 0.3) is 0 Å². The van der Waals surface area contributed by atoms with Crippen LogP contribution in [0, 0.1) is 6.92 Å². The predicted octanol–water partition coefficient (Wildman–Crippen LogP) is 5.58. The Kier molecular flexibility index (Phi) is 6.53. The van der Waals surface area contributed by atoms with E-state index in [0.717, 1.165) is 10.9 Å². The molecule has 9 heteroatoms. The van der Waals surface area contributed by atoms with Gasteiger partial charge in [-0.3, -0.25) is 9.36 Å². The van der Waals surface area contributed by atoms with Crippen LogP contribution in [0.5, 0.6) is 5.75 Å². The molecule has 0 aliphatic heterocycles. The molecule has 1 N–H and O–H groups in total. The van der Waals surface area contributed by atoms with Gasteiger partial charge in [0, 0.05) is 22.6 Å². The minimum atomic E-state index is -0.163. The lowest BCUT2D eigenvalue weighted by Gasteiger charge is -2.09. The Morgan fingerprint density at radius 3 is 2.94 bits per heavy atom. The molecule has 0 aliphatic rings. The standard InChI is InChI=1S/C23H21ClN4O3S/c1-4-10-28-22(19-11-15-6-5-7-18(30-3)21(15)31-19)26-27-23(28)32-13-20(29)25-17-12-16(24)9-8-14(17)2/h4-9,11-12H,1,10,13H2,2-3H3,(H,25,29). The number of carbonyl (C=O) groups is 1. The van der Waals surface area contributed by atoms with Crippen molar-refractivity contribution >= 4 is 45.9 Å². The van der Waals surface area contributed by atoms with E-state index < -0.39 is 0 Å². The number of amides is 1. The number of rotatable bonds is 8. The lowest BCUT2D eigenvalue weighted by atomic mass is 10.2. The van der Waals surface area contributed by atoms with Crippen molar-refractivity contribution in [3.8, 4) is 17.3 Å². The van der Waals surface area contributed by atoms with E-state index in [2.05, 4.69) is 22.1 Å². The Balaban J connectivity index is 1.55. The van der Waals surface area contributed by atoms with Crippen molar-refractivity contribution in [1.82, 2.24) is 14.8 Å². The molecule has 2 aromatic heterocycles. The smallest absolute Gasteiger partial charge is 0.234 e. The maximum absolute atomic E-state index is 12.5. The zero-order chi connectivity index (χ0) is 22.7. The number of hydrogen-bond acceptors (Lipinski definition) is 6. The third-order valence-electron chi connectivity index (χ3n) is 4.78. The Labute approximate surface area is 194 Å². The second kappa shape index (κ2) is 9.50. The second-order valence-corrected chi connectivity index (χ2v) is 8.37. The number of allylic oxidation sites excluding steroid dienone is 1. The number of aryl methyl sites for hydroxylation is 1. The van der Waals surface area contributed by atoms with Gasteiger partial charge in [-0.2, -0.15) is 0 Å². The number of nitrogens with zero attached hydrogens (tertiary/aromatic N) is 3. The molecule has 0 radical (unpaired) electrons. The number of thioether (sulfide) groups is 1. The first kappa shape index (κ1) is 22.0. The summed E-state index contributed by atoms with van der Waals surface area (Å²) in [6.07, 6.45) is 1.75. The Morgan fingerprint density at radius 1 is 1.31 bits per heavy atom. The Bertz CT molecular complexity index is 1300. The Morgan fingerprint density at radius 2 is 2.16 bits per heavy atom. The minimum Gasteiger partial charge on any atom is -0.493 e. The average Bonchev–Trinajstić information content (AvgIpc) is 3.38. The van der Waals surface area contributed by atoms with Gasteiger partial charge >= 0.3 is 0 Å². The van der Waals surface area contributed by atoms with Crippen LogP contribution in [0.3, 0.4) is 0 Å². The van der Waals surface area contributed by atoms with E-state index in [1.165, 1.54) is 11.8 Å². The van der Waals surface area contributed by atoms with Crippen LogP contribution in [0.4, 0.5) is 5.69 Å². The fourth-order valence-corrected chi connectivity index (χ4v) is 4.14. The van der Waals surface area contributed by atoms with Crippen LogP contribution in [0.25, 0.3) is 22.6 Å². The van der Waals surface area contributed by atoms with E-state index >= 15 is 0 Å². The van der Waals surface area contributed by atoms with Crippen molar-refractivity contribution in [1.29, 1.82) is 0 Å². The third kappa shape index (κ3) is 4.51. The van der Waals surface area contributed by atoms with Crippen LogP contribution in [0.2, 0.25) is 5.02 Å². The first-order valence-electron chi connectivity index (χ1n) is 9.80. The largest absolute Gasteiger partial charge is 0.493 e. The molecule has 0 unspecified atom stereocenters. The Hall–Kier alpha value is -3.23. The van der Waals surface area contributed by atoms with Gasteiger partial charge in [0.2, 0.25) is 11.7 Å². The molecule has 4 aromatic rings. The summed E-state index contributed by atoms with van der Waals surface area (Å²) in [4.78, 5) is 12.5. The summed E-state index contributed by atoms with van der Waals surface area (Å²) in [7, 11) is 1.60. The van der Waals surface area contributed by atoms with Crippen molar-refractivity contribution in [2.75, 3.05) is 18.2 Å². The van der Waals surface area contributed by atoms with Crippen molar-refractivity contribution in [2.24, 2.45) is 0 Å². The number of benzene rings is 2. The van der Waals surface area contributed by atoms with Gasteiger partial charge in [-0.15, -0.1) is 16.8 Å². The molecule has 1 amide bonds. The number of anilines is 1. The summed E-state index contributed by atoms with van der Waals surface area (Å²) in [5.41, 5.74) is 2.27. The average molecular weight is 469 g/mol. The van der Waals surface area contributed by atoms with Crippen LogP contribution < -0.4 is 10.1 Å². The molecule has 2 heterocycles. The van der Waals surface area contributed by atoms with Gasteiger partial charge in [0.1, 0.15) is 0 Å². The predicted molar refractivity (Wildman–Crippen MR) is 128 cm³/mol. The van der Waals surface area contributed by atoms with E-state index in [0.29, 0.717) is 45.3 Å². The molecule has 0 fully saturated rings. The number of ether oxygens (including phenoxy) is 1. The maximum Gasteiger partial charge on any atom is 0.234 e. The highest BCUT2D eigenvalue weighted by atomic mass is 35.5. The number of methoxy groups -OCH3 is 1. The molecule has 0 saturated carbocycles. The highest BCUT2D eigenvalue weighted by Gasteiger charge is 2.19. The highest BCUT2D eigenvalue weighted by Crippen LogP contribution is 2.34. The molecule has 0 saturated heterocycles. The summed E-state index contributed by atoms with van der Waals surface area (Å²) < 4.78 is 13.3. The first-order valence-corrected chi connectivity index (χ1v) is 11.2. The molecule has 32 heavy (non-hydrogen) atoms. The number of furan rings is 1. The first-order chi connectivity index (χ1) is 15.5. The maximum atomic E-state index is 12.5. The van der Waals surface area contributed by atoms with Gasteiger partial charge in [0.05, 0.1) is 12.9 Å². The van der Waals surface area contributed by atoms with Crippen molar-refractivity contribution in [3.05, 3.63) is 65.7 Å². The van der Waals surface area contributed by atoms with Gasteiger partial charge in [-0.25, -0.2) is 0 Å². The molecule has 4 rings (SSSR count). The van der Waals surface area contributed by atoms with E-state index in [1.807, 2.05) is 41.8 Å². The molecule has 0 bridgehead atoms. The fraction of sp³-hybridized carbons (Fsp3) is 0.174. The number of hydrogen-bond donors (Lipinski definition) is 1. The number of fused-ring (bicyclic) bond motifs is 1. The van der Waals surface area contributed by atoms with Crippen molar-refractivity contribution < 1.29 is 13.9 Å². The highest BCUT2D eigenvalue weighted by molar-refractivity contribution is 7.99. The van der Waals surface area contributed by atoms with E-state index in [9.17, 15) is 4.79 Å². The zero-order valence-corrected chi connectivity index (χ0v) is 19.2. The molecular formula is C23H21ClN4O3S. The van der Waals surface area contributed by atoms with E-state index in [4.69, 9.17) is 20.8 Å².